The minimum atomic E-state index is -0.889. The Hall–Kier alpha value is -1.12. The zero-order chi connectivity index (χ0) is 15.0. The SMILES string of the molecule is CC(C)(O)[C@@H]1C(c2ccccc2)[C@H]2CCCCC2=C[C@H]1O. The highest BCUT2D eigenvalue weighted by Gasteiger charge is 2.46. The molecule has 4 atom stereocenters. The van der Waals surface area contributed by atoms with Crippen LogP contribution in [-0.4, -0.2) is 21.9 Å². The first kappa shape index (κ1) is 14.8. The number of aliphatic hydroxyl groups is 2. The standard InChI is InChI=1S/C19H26O2/c1-19(2,21)18-16(20)12-14-10-6-7-11-15(14)17(18)13-8-4-3-5-9-13/h3-5,8-9,12,15-18,20-21H,6-7,10-11H2,1-2H3/t15-,16+,17?,18-/m0/s1. The Balaban J connectivity index is 2.07. The second kappa shape index (κ2) is 5.58. The van der Waals surface area contributed by atoms with Crippen LogP contribution in [0.25, 0.3) is 0 Å². The lowest BCUT2D eigenvalue weighted by Crippen LogP contribution is -2.48. The van der Waals surface area contributed by atoms with Gasteiger partial charge >= 0.3 is 0 Å². The lowest BCUT2D eigenvalue weighted by atomic mass is 9.60. The van der Waals surface area contributed by atoms with Gasteiger partial charge in [-0.3, -0.25) is 0 Å². The van der Waals surface area contributed by atoms with Crippen LogP contribution in [0.15, 0.2) is 42.0 Å². The number of rotatable bonds is 2. The predicted molar refractivity (Wildman–Crippen MR) is 85.0 cm³/mol. The van der Waals surface area contributed by atoms with Gasteiger partial charge in [0.1, 0.15) is 0 Å². The lowest BCUT2D eigenvalue weighted by Gasteiger charge is -2.47. The van der Waals surface area contributed by atoms with E-state index in [2.05, 4.69) is 24.3 Å². The molecule has 1 saturated carbocycles. The van der Waals surface area contributed by atoms with E-state index in [1.54, 1.807) is 0 Å². The van der Waals surface area contributed by atoms with E-state index in [1.807, 2.05) is 26.0 Å². The lowest BCUT2D eigenvalue weighted by molar-refractivity contribution is -0.0579. The van der Waals surface area contributed by atoms with Gasteiger partial charge in [0.2, 0.25) is 0 Å². The highest BCUT2D eigenvalue weighted by molar-refractivity contribution is 5.31. The van der Waals surface area contributed by atoms with Crippen LogP contribution in [0.5, 0.6) is 0 Å². The average molecular weight is 286 g/mol. The highest BCUT2D eigenvalue weighted by Crippen LogP contribution is 2.51. The van der Waals surface area contributed by atoms with Crippen molar-refractivity contribution in [1.29, 1.82) is 0 Å². The first-order valence-corrected chi connectivity index (χ1v) is 8.14. The molecule has 2 aliphatic carbocycles. The molecular weight excluding hydrogens is 260 g/mol. The van der Waals surface area contributed by atoms with Gasteiger partial charge in [-0.15, -0.1) is 0 Å². The number of hydrogen-bond acceptors (Lipinski definition) is 2. The molecule has 1 aromatic carbocycles. The van der Waals surface area contributed by atoms with Crippen molar-refractivity contribution >= 4 is 0 Å². The number of allylic oxidation sites excluding steroid dienone is 1. The van der Waals surface area contributed by atoms with Gasteiger partial charge in [-0.05, 0) is 50.5 Å². The van der Waals surface area contributed by atoms with Crippen LogP contribution in [0.1, 0.15) is 51.0 Å². The van der Waals surface area contributed by atoms with Crippen molar-refractivity contribution in [3.05, 3.63) is 47.5 Å². The van der Waals surface area contributed by atoms with E-state index in [4.69, 9.17) is 0 Å². The molecule has 0 amide bonds. The summed E-state index contributed by atoms with van der Waals surface area (Å²) in [7, 11) is 0. The van der Waals surface area contributed by atoms with Crippen molar-refractivity contribution < 1.29 is 10.2 Å². The molecule has 2 nitrogen and oxygen atoms in total. The summed E-state index contributed by atoms with van der Waals surface area (Å²) in [5, 5.41) is 21.3. The quantitative estimate of drug-likeness (QED) is 0.815. The Kier molecular flexibility index (Phi) is 3.94. The van der Waals surface area contributed by atoms with Crippen molar-refractivity contribution in [1.82, 2.24) is 0 Å². The van der Waals surface area contributed by atoms with Gasteiger partial charge < -0.3 is 10.2 Å². The maximum absolute atomic E-state index is 10.6. The first-order chi connectivity index (χ1) is 9.98. The molecule has 114 valence electrons. The Morgan fingerprint density at radius 1 is 1.10 bits per heavy atom. The highest BCUT2D eigenvalue weighted by atomic mass is 16.3. The van der Waals surface area contributed by atoms with Crippen molar-refractivity contribution in [2.45, 2.75) is 57.2 Å². The zero-order valence-electron chi connectivity index (χ0n) is 13.0. The van der Waals surface area contributed by atoms with Gasteiger partial charge in [0, 0.05) is 5.92 Å². The topological polar surface area (TPSA) is 40.5 Å². The Morgan fingerprint density at radius 2 is 1.81 bits per heavy atom. The monoisotopic (exact) mass is 286 g/mol. The summed E-state index contributed by atoms with van der Waals surface area (Å²) < 4.78 is 0. The van der Waals surface area contributed by atoms with Crippen LogP contribution in [0, 0.1) is 11.8 Å². The van der Waals surface area contributed by atoms with E-state index >= 15 is 0 Å². The summed E-state index contributed by atoms with van der Waals surface area (Å²) in [6.07, 6.45) is 6.23. The minimum absolute atomic E-state index is 0.147. The van der Waals surface area contributed by atoms with E-state index in [9.17, 15) is 10.2 Å². The van der Waals surface area contributed by atoms with Crippen LogP contribution in [-0.2, 0) is 0 Å². The fourth-order valence-electron chi connectivity index (χ4n) is 4.44. The normalized spacial score (nSPS) is 33.2. The molecule has 0 aliphatic heterocycles. The summed E-state index contributed by atoms with van der Waals surface area (Å²) in [4.78, 5) is 0. The van der Waals surface area contributed by atoms with Crippen LogP contribution < -0.4 is 0 Å². The van der Waals surface area contributed by atoms with E-state index < -0.39 is 11.7 Å². The molecule has 0 aromatic heterocycles. The molecule has 2 N–H and O–H groups in total. The number of aliphatic hydroxyl groups excluding tert-OH is 1. The molecule has 2 heteroatoms. The Bertz CT molecular complexity index is 512. The first-order valence-electron chi connectivity index (χ1n) is 8.14. The maximum atomic E-state index is 10.6. The maximum Gasteiger partial charge on any atom is 0.0785 e. The fourth-order valence-corrected chi connectivity index (χ4v) is 4.44. The van der Waals surface area contributed by atoms with Crippen molar-refractivity contribution in [3.8, 4) is 0 Å². The van der Waals surface area contributed by atoms with Gasteiger partial charge in [-0.1, -0.05) is 48.4 Å². The molecule has 0 radical (unpaired) electrons. The molecule has 3 rings (SSSR count). The third-order valence-corrected chi connectivity index (χ3v) is 5.28. The predicted octanol–water partition coefficient (Wildman–Crippen LogP) is 3.65. The van der Waals surface area contributed by atoms with E-state index in [1.165, 1.54) is 30.4 Å². The van der Waals surface area contributed by atoms with Crippen LogP contribution in [0.4, 0.5) is 0 Å². The molecule has 21 heavy (non-hydrogen) atoms. The molecule has 0 heterocycles. The molecule has 1 aromatic rings. The Morgan fingerprint density at radius 3 is 2.48 bits per heavy atom. The molecule has 0 saturated heterocycles. The van der Waals surface area contributed by atoms with Gasteiger partial charge in [0.15, 0.2) is 0 Å². The summed E-state index contributed by atoms with van der Waals surface area (Å²) in [6, 6.07) is 10.4. The van der Waals surface area contributed by atoms with Crippen molar-refractivity contribution in [2.75, 3.05) is 0 Å². The summed E-state index contributed by atoms with van der Waals surface area (Å²) in [5.74, 6) is 0.536. The molecular formula is C19H26O2. The summed E-state index contributed by atoms with van der Waals surface area (Å²) >= 11 is 0. The number of fused-ring (bicyclic) bond motifs is 1. The van der Waals surface area contributed by atoms with E-state index in [-0.39, 0.29) is 11.8 Å². The second-order valence-corrected chi connectivity index (χ2v) is 7.20. The van der Waals surface area contributed by atoms with Crippen molar-refractivity contribution in [2.24, 2.45) is 11.8 Å². The summed E-state index contributed by atoms with van der Waals surface area (Å²) in [6.45, 7) is 3.66. The number of hydrogen-bond donors (Lipinski definition) is 2. The van der Waals surface area contributed by atoms with Gasteiger partial charge in [-0.25, -0.2) is 0 Å². The molecule has 1 fully saturated rings. The Labute approximate surface area is 127 Å². The smallest absolute Gasteiger partial charge is 0.0785 e. The van der Waals surface area contributed by atoms with Gasteiger partial charge in [-0.2, -0.15) is 0 Å². The minimum Gasteiger partial charge on any atom is -0.390 e. The van der Waals surface area contributed by atoms with Crippen molar-refractivity contribution in [3.63, 3.8) is 0 Å². The third-order valence-electron chi connectivity index (χ3n) is 5.28. The third kappa shape index (κ3) is 2.79. The molecule has 2 aliphatic rings. The fraction of sp³-hybridized carbons (Fsp3) is 0.579. The van der Waals surface area contributed by atoms with Gasteiger partial charge in [0.25, 0.3) is 0 Å². The van der Waals surface area contributed by atoms with Gasteiger partial charge in [0.05, 0.1) is 11.7 Å². The molecule has 0 bridgehead atoms. The van der Waals surface area contributed by atoms with E-state index in [0.717, 1.165) is 6.42 Å². The molecule has 1 unspecified atom stereocenters. The number of benzene rings is 1. The van der Waals surface area contributed by atoms with Crippen LogP contribution in [0.2, 0.25) is 0 Å². The van der Waals surface area contributed by atoms with Crippen LogP contribution in [0.3, 0.4) is 0 Å². The molecule has 0 spiro atoms. The second-order valence-electron chi connectivity index (χ2n) is 7.20. The summed E-state index contributed by atoms with van der Waals surface area (Å²) in [5.41, 5.74) is 1.77. The largest absolute Gasteiger partial charge is 0.390 e. The van der Waals surface area contributed by atoms with Crippen LogP contribution >= 0.6 is 0 Å². The van der Waals surface area contributed by atoms with E-state index in [0.29, 0.717) is 5.92 Å². The zero-order valence-corrected chi connectivity index (χ0v) is 13.0. The average Bonchev–Trinajstić information content (AvgIpc) is 2.45.